The van der Waals surface area contributed by atoms with Gasteiger partial charge in [0.15, 0.2) is 0 Å². The smallest absolute Gasteiger partial charge is 0.130 e. The highest BCUT2D eigenvalue weighted by Crippen LogP contribution is 2.16. The third-order valence-corrected chi connectivity index (χ3v) is 2.23. The molecule has 0 saturated carbocycles. The van der Waals surface area contributed by atoms with Gasteiger partial charge >= 0.3 is 0 Å². The van der Waals surface area contributed by atoms with E-state index in [9.17, 15) is 4.79 Å². The maximum atomic E-state index is 10.8. The molecule has 0 aromatic heterocycles. The lowest BCUT2D eigenvalue weighted by Crippen LogP contribution is -2.05. The van der Waals surface area contributed by atoms with Crippen molar-refractivity contribution in [2.75, 3.05) is 0 Å². The summed E-state index contributed by atoms with van der Waals surface area (Å²) in [6, 6.07) is 0. The van der Waals surface area contributed by atoms with Gasteiger partial charge in [-0.15, -0.1) is 0 Å². The number of hydrogen-bond acceptors (Lipinski definition) is 1. The highest BCUT2D eigenvalue weighted by molar-refractivity contribution is 14.1. The Labute approximate surface area is 88.8 Å². The quantitative estimate of drug-likeness (QED) is 0.703. The van der Waals surface area contributed by atoms with Crippen molar-refractivity contribution in [3.8, 4) is 0 Å². The molecule has 0 spiro atoms. The second-order valence-corrected chi connectivity index (χ2v) is 4.26. The van der Waals surface area contributed by atoms with E-state index in [0.29, 0.717) is 17.6 Å². The van der Waals surface area contributed by atoms with Crippen LogP contribution >= 0.6 is 22.6 Å². The fourth-order valence-corrected chi connectivity index (χ4v) is 2.12. The monoisotopic (exact) mass is 280 g/mol. The number of Topliss-reactive ketones (excluding diaryl/α,β-unsaturated/α-hetero) is 1. The molecular weight excluding hydrogens is 263 g/mol. The molecule has 0 aromatic carbocycles. The van der Waals surface area contributed by atoms with E-state index < -0.39 is 0 Å². The average Bonchev–Trinajstić information content (AvgIpc) is 1.84. The van der Waals surface area contributed by atoms with E-state index in [-0.39, 0.29) is 0 Å². The molecule has 0 amide bonds. The predicted octanol–water partition coefficient (Wildman–Crippen LogP) is 3.58. The third-order valence-electron chi connectivity index (χ3n) is 1.81. The molecule has 0 unspecified atom stereocenters. The zero-order valence-corrected chi connectivity index (χ0v) is 10.2. The van der Waals surface area contributed by atoms with Crippen molar-refractivity contribution in [3.63, 3.8) is 0 Å². The highest BCUT2D eigenvalue weighted by atomic mass is 127. The summed E-state index contributed by atoms with van der Waals surface area (Å²) in [5.74, 6) is 1.41. The number of allylic oxidation sites excluding steroid dienone is 1. The minimum Gasteiger partial charge on any atom is -0.300 e. The summed E-state index contributed by atoms with van der Waals surface area (Å²) in [5, 5.41) is 0. The lowest BCUT2D eigenvalue weighted by molar-refractivity contribution is -0.117. The molecule has 0 fully saturated rings. The van der Waals surface area contributed by atoms with E-state index in [2.05, 4.69) is 42.5 Å². The molecular formula is C10H17IO. The van der Waals surface area contributed by atoms with Crippen molar-refractivity contribution in [1.82, 2.24) is 0 Å². The minimum atomic E-state index is 0.299. The first-order valence-electron chi connectivity index (χ1n) is 4.32. The van der Waals surface area contributed by atoms with Gasteiger partial charge in [0.2, 0.25) is 0 Å². The van der Waals surface area contributed by atoms with Crippen LogP contribution in [0.4, 0.5) is 0 Å². The number of halogens is 1. The Balaban J connectivity index is 3.67. The van der Waals surface area contributed by atoms with Crippen LogP contribution in [0.5, 0.6) is 0 Å². The molecule has 0 saturated heterocycles. The summed E-state index contributed by atoms with van der Waals surface area (Å²) in [4.78, 5) is 10.8. The van der Waals surface area contributed by atoms with Crippen LogP contribution in [-0.2, 0) is 4.79 Å². The van der Waals surface area contributed by atoms with Crippen LogP contribution in [0.3, 0.4) is 0 Å². The van der Waals surface area contributed by atoms with Crippen LogP contribution in [0.1, 0.15) is 33.6 Å². The van der Waals surface area contributed by atoms with Crippen LogP contribution in [0.25, 0.3) is 0 Å². The van der Waals surface area contributed by atoms with Gasteiger partial charge in [-0.3, -0.25) is 0 Å². The van der Waals surface area contributed by atoms with Gasteiger partial charge in [0.25, 0.3) is 0 Å². The van der Waals surface area contributed by atoms with Crippen LogP contribution in [0, 0.1) is 11.8 Å². The second-order valence-electron chi connectivity index (χ2n) is 3.54. The molecule has 0 aliphatic carbocycles. The largest absolute Gasteiger partial charge is 0.300 e. The maximum Gasteiger partial charge on any atom is 0.130 e. The van der Waals surface area contributed by atoms with Gasteiger partial charge in [0.05, 0.1) is 0 Å². The van der Waals surface area contributed by atoms with Gasteiger partial charge in [0, 0.05) is 6.42 Å². The summed E-state index contributed by atoms with van der Waals surface area (Å²) >= 11 is 2.23. The zero-order valence-electron chi connectivity index (χ0n) is 8.01. The van der Waals surface area contributed by atoms with E-state index in [0.717, 1.165) is 12.8 Å². The lowest BCUT2D eigenvalue weighted by atomic mass is 9.94. The first-order chi connectivity index (χ1) is 5.56. The van der Waals surface area contributed by atoms with Crippen molar-refractivity contribution in [1.29, 1.82) is 0 Å². The van der Waals surface area contributed by atoms with E-state index in [1.807, 2.05) is 4.08 Å². The average molecular weight is 280 g/mol. The first kappa shape index (κ1) is 12.1. The molecule has 12 heavy (non-hydrogen) atoms. The van der Waals surface area contributed by atoms with Gasteiger partial charge in [-0.1, -0.05) is 42.5 Å². The van der Waals surface area contributed by atoms with Crippen LogP contribution in [0.2, 0.25) is 0 Å². The van der Waals surface area contributed by atoms with Crippen LogP contribution < -0.4 is 0 Å². The zero-order chi connectivity index (χ0) is 9.56. The molecule has 0 bridgehead atoms. The molecule has 0 radical (unpaired) electrons. The number of carbonyl (C=O) groups excluding carboxylic acids is 1. The van der Waals surface area contributed by atoms with Gasteiger partial charge in [-0.05, 0) is 29.3 Å². The Bertz CT molecular complexity index is 163. The molecule has 2 atom stereocenters. The molecule has 2 heteroatoms. The molecule has 0 rings (SSSR count). The Morgan fingerprint density at radius 2 is 2.08 bits per heavy atom. The summed E-state index contributed by atoms with van der Waals surface area (Å²) < 4.78 is 2.04. The summed E-state index contributed by atoms with van der Waals surface area (Å²) in [7, 11) is 0. The normalized spacial score (nSPS) is 16.3. The molecule has 0 heterocycles. The SMILES string of the molecule is CC(=O)C[C@H](C)C[C@H](C)/C=C/I. The standard InChI is InChI=1S/C10H17IO/c1-8(4-5-11)6-9(2)7-10(3)12/h4-5,8-9H,6-7H2,1-3H3/b5-4+/t8-,9-/m1/s1. The van der Waals surface area contributed by atoms with Gasteiger partial charge in [-0.2, -0.15) is 0 Å². The summed E-state index contributed by atoms with van der Waals surface area (Å²) in [5.41, 5.74) is 0. The van der Waals surface area contributed by atoms with Crippen LogP contribution in [-0.4, -0.2) is 5.78 Å². The summed E-state index contributed by atoms with van der Waals surface area (Å²) in [6.45, 7) is 5.99. The number of rotatable bonds is 5. The van der Waals surface area contributed by atoms with Crippen molar-refractivity contribution >= 4 is 28.4 Å². The third kappa shape index (κ3) is 6.83. The van der Waals surface area contributed by atoms with E-state index in [1.54, 1.807) is 6.92 Å². The number of carbonyl (C=O) groups is 1. The van der Waals surface area contributed by atoms with Gasteiger partial charge < -0.3 is 4.79 Å². The fourth-order valence-electron chi connectivity index (χ4n) is 1.41. The van der Waals surface area contributed by atoms with E-state index in [1.165, 1.54) is 0 Å². The molecule has 0 aliphatic heterocycles. The van der Waals surface area contributed by atoms with E-state index >= 15 is 0 Å². The molecule has 0 aromatic rings. The Morgan fingerprint density at radius 1 is 1.50 bits per heavy atom. The second kappa shape index (κ2) is 6.63. The van der Waals surface area contributed by atoms with Crippen LogP contribution in [0.15, 0.2) is 10.2 Å². The molecule has 1 nitrogen and oxygen atoms in total. The van der Waals surface area contributed by atoms with Crippen molar-refractivity contribution in [3.05, 3.63) is 10.2 Å². The fraction of sp³-hybridized carbons (Fsp3) is 0.700. The first-order valence-corrected chi connectivity index (χ1v) is 5.57. The van der Waals surface area contributed by atoms with Gasteiger partial charge in [0.1, 0.15) is 5.78 Å². The Morgan fingerprint density at radius 3 is 2.50 bits per heavy atom. The minimum absolute atomic E-state index is 0.299. The number of ketones is 1. The maximum absolute atomic E-state index is 10.8. The summed E-state index contributed by atoms with van der Waals surface area (Å²) in [6.07, 6.45) is 4.01. The topological polar surface area (TPSA) is 17.1 Å². The van der Waals surface area contributed by atoms with Gasteiger partial charge in [-0.25, -0.2) is 0 Å². The molecule has 0 aliphatic rings. The molecule has 0 N–H and O–H groups in total. The lowest BCUT2D eigenvalue weighted by Gasteiger charge is -2.12. The highest BCUT2D eigenvalue weighted by Gasteiger charge is 2.08. The number of hydrogen-bond donors (Lipinski definition) is 0. The Hall–Kier alpha value is 0.140. The van der Waals surface area contributed by atoms with E-state index in [4.69, 9.17) is 0 Å². The van der Waals surface area contributed by atoms with Crippen molar-refractivity contribution in [2.45, 2.75) is 33.6 Å². The molecule has 70 valence electrons. The van der Waals surface area contributed by atoms with Crippen molar-refractivity contribution in [2.24, 2.45) is 11.8 Å². The Kier molecular flexibility index (Phi) is 6.71. The predicted molar refractivity (Wildman–Crippen MR) is 61.4 cm³/mol. The van der Waals surface area contributed by atoms with Crippen molar-refractivity contribution < 1.29 is 4.79 Å².